The molecule has 0 atom stereocenters. The summed E-state index contributed by atoms with van der Waals surface area (Å²) in [6, 6.07) is 2.38. The average molecular weight is 357 g/mol. The molecule has 0 bridgehead atoms. The lowest BCUT2D eigenvalue weighted by Gasteiger charge is -2.33. The van der Waals surface area contributed by atoms with E-state index in [0.29, 0.717) is 6.07 Å². The van der Waals surface area contributed by atoms with Crippen LogP contribution in [0.1, 0.15) is 5.56 Å². The van der Waals surface area contributed by atoms with Crippen molar-refractivity contribution in [1.29, 1.82) is 0 Å². The Labute approximate surface area is 110 Å². The van der Waals surface area contributed by atoms with Gasteiger partial charge in [-0.3, -0.25) is 0 Å². The first-order valence-corrected chi connectivity index (χ1v) is 5.39. The number of hydrogen-bond acceptors (Lipinski definition) is 1. The van der Waals surface area contributed by atoms with E-state index in [1.54, 1.807) is 0 Å². The van der Waals surface area contributed by atoms with Crippen molar-refractivity contribution in [3.05, 3.63) is 33.3 Å². The molecule has 0 saturated heterocycles. The SMILES string of the molecule is OC(c1cc(Cl)ccc1Br)(C(F)(F)F)C(F)(F)F. The molecular weight excluding hydrogens is 353 g/mol. The molecule has 0 saturated carbocycles. The molecule has 102 valence electrons. The Balaban J connectivity index is 3.61. The third kappa shape index (κ3) is 2.46. The van der Waals surface area contributed by atoms with Gasteiger partial charge in [-0.1, -0.05) is 27.5 Å². The highest BCUT2D eigenvalue weighted by Crippen LogP contribution is 2.52. The molecule has 0 unspecified atom stereocenters. The summed E-state index contributed by atoms with van der Waals surface area (Å²) in [6.45, 7) is 0. The van der Waals surface area contributed by atoms with Crippen molar-refractivity contribution in [2.24, 2.45) is 0 Å². The monoisotopic (exact) mass is 356 g/mol. The van der Waals surface area contributed by atoms with Gasteiger partial charge in [-0.25, -0.2) is 0 Å². The number of aliphatic hydroxyl groups is 1. The van der Waals surface area contributed by atoms with Crippen LogP contribution in [0.2, 0.25) is 5.02 Å². The summed E-state index contributed by atoms with van der Waals surface area (Å²) in [5.41, 5.74) is -6.39. The lowest BCUT2D eigenvalue weighted by molar-refractivity contribution is -0.376. The number of halogens is 8. The Bertz CT molecular complexity index is 441. The lowest BCUT2D eigenvalue weighted by atomic mass is 9.92. The first-order chi connectivity index (χ1) is 7.91. The highest BCUT2D eigenvalue weighted by Gasteiger charge is 2.72. The predicted molar refractivity (Wildman–Crippen MR) is 55.2 cm³/mol. The smallest absolute Gasteiger partial charge is 0.369 e. The zero-order valence-corrected chi connectivity index (χ0v) is 10.5. The van der Waals surface area contributed by atoms with Crippen molar-refractivity contribution >= 4 is 27.5 Å². The minimum Gasteiger partial charge on any atom is -0.369 e. The molecule has 0 aromatic heterocycles. The van der Waals surface area contributed by atoms with Gasteiger partial charge in [0.1, 0.15) is 0 Å². The van der Waals surface area contributed by atoms with Crippen LogP contribution in [0.3, 0.4) is 0 Å². The zero-order valence-electron chi connectivity index (χ0n) is 8.20. The van der Waals surface area contributed by atoms with Crippen molar-refractivity contribution in [2.45, 2.75) is 18.0 Å². The fourth-order valence-electron chi connectivity index (χ4n) is 1.24. The van der Waals surface area contributed by atoms with Crippen molar-refractivity contribution in [3.8, 4) is 0 Å². The van der Waals surface area contributed by atoms with Crippen molar-refractivity contribution < 1.29 is 31.4 Å². The van der Waals surface area contributed by atoms with Gasteiger partial charge in [-0.2, -0.15) is 26.3 Å². The van der Waals surface area contributed by atoms with E-state index in [0.717, 1.165) is 12.1 Å². The fraction of sp³-hybridized carbons (Fsp3) is 0.333. The average Bonchev–Trinajstić information content (AvgIpc) is 2.17. The quantitative estimate of drug-likeness (QED) is 0.738. The first-order valence-electron chi connectivity index (χ1n) is 4.22. The Morgan fingerprint density at radius 3 is 1.83 bits per heavy atom. The van der Waals surface area contributed by atoms with Gasteiger partial charge >= 0.3 is 12.4 Å². The van der Waals surface area contributed by atoms with Gasteiger partial charge in [0.05, 0.1) is 0 Å². The zero-order chi connectivity index (χ0) is 14.4. The van der Waals surface area contributed by atoms with Crippen molar-refractivity contribution in [2.75, 3.05) is 0 Å². The van der Waals surface area contributed by atoms with Gasteiger partial charge in [-0.15, -0.1) is 0 Å². The van der Waals surface area contributed by atoms with E-state index < -0.39 is 28.0 Å². The molecule has 0 aliphatic heterocycles. The van der Waals surface area contributed by atoms with Gasteiger partial charge in [0.2, 0.25) is 0 Å². The Morgan fingerprint density at radius 2 is 1.44 bits per heavy atom. The topological polar surface area (TPSA) is 20.2 Å². The molecule has 1 N–H and O–H groups in total. The van der Waals surface area contributed by atoms with Crippen LogP contribution < -0.4 is 0 Å². The summed E-state index contributed by atoms with van der Waals surface area (Å²) < 4.78 is 74.8. The second kappa shape index (κ2) is 4.57. The molecule has 1 aromatic rings. The van der Waals surface area contributed by atoms with Gasteiger partial charge in [-0.05, 0) is 18.2 Å². The Morgan fingerprint density at radius 1 is 1.00 bits per heavy atom. The molecule has 0 fully saturated rings. The van der Waals surface area contributed by atoms with E-state index in [1.807, 2.05) is 0 Å². The number of alkyl halides is 6. The summed E-state index contributed by atoms with van der Waals surface area (Å²) in [5.74, 6) is 0. The number of rotatable bonds is 1. The molecule has 0 heterocycles. The third-order valence-electron chi connectivity index (χ3n) is 2.14. The molecular formula is C9H4BrClF6O. The summed E-state index contributed by atoms with van der Waals surface area (Å²) in [5, 5.41) is 8.76. The highest BCUT2D eigenvalue weighted by atomic mass is 79.9. The minimum absolute atomic E-state index is 0.361. The second-order valence-electron chi connectivity index (χ2n) is 3.33. The van der Waals surface area contributed by atoms with E-state index in [9.17, 15) is 26.3 Å². The maximum atomic E-state index is 12.6. The summed E-state index contributed by atoms with van der Waals surface area (Å²) in [7, 11) is 0. The van der Waals surface area contributed by atoms with Gasteiger partial charge in [0, 0.05) is 15.1 Å². The number of hydrogen-bond donors (Lipinski definition) is 1. The van der Waals surface area contributed by atoms with E-state index in [-0.39, 0.29) is 5.02 Å². The highest BCUT2D eigenvalue weighted by molar-refractivity contribution is 9.10. The van der Waals surface area contributed by atoms with E-state index in [1.165, 1.54) is 0 Å². The van der Waals surface area contributed by atoms with Crippen molar-refractivity contribution in [1.82, 2.24) is 0 Å². The lowest BCUT2D eigenvalue weighted by Crippen LogP contribution is -2.54. The Hall–Kier alpha value is -0.470. The third-order valence-corrected chi connectivity index (χ3v) is 3.07. The van der Waals surface area contributed by atoms with Crippen LogP contribution in [0.25, 0.3) is 0 Å². The minimum atomic E-state index is -5.93. The maximum absolute atomic E-state index is 12.6. The van der Waals surface area contributed by atoms with Crippen molar-refractivity contribution in [3.63, 3.8) is 0 Å². The van der Waals surface area contributed by atoms with E-state index in [2.05, 4.69) is 15.9 Å². The van der Waals surface area contributed by atoms with Crippen LogP contribution in [0.4, 0.5) is 26.3 Å². The first kappa shape index (κ1) is 15.6. The van der Waals surface area contributed by atoms with E-state index in [4.69, 9.17) is 16.7 Å². The molecule has 0 aliphatic rings. The molecule has 9 heteroatoms. The fourth-order valence-corrected chi connectivity index (χ4v) is 1.95. The van der Waals surface area contributed by atoms with E-state index >= 15 is 0 Å². The summed E-state index contributed by atoms with van der Waals surface area (Å²) in [4.78, 5) is 0. The second-order valence-corrected chi connectivity index (χ2v) is 4.62. The molecule has 0 radical (unpaired) electrons. The van der Waals surface area contributed by atoms with Gasteiger partial charge < -0.3 is 5.11 Å². The van der Waals surface area contributed by atoms with Crippen LogP contribution in [0, 0.1) is 0 Å². The number of benzene rings is 1. The van der Waals surface area contributed by atoms with Crippen LogP contribution in [0.15, 0.2) is 22.7 Å². The normalized spacial score (nSPS) is 13.8. The molecule has 1 nitrogen and oxygen atoms in total. The van der Waals surface area contributed by atoms with Crippen LogP contribution in [-0.4, -0.2) is 17.5 Å². The predicted octanol–water partition coefficient (Wildman–Crippen LogP) is 4.41. The molecule has 0 spiro atoms. The maximum Gasteiger partial charge on any atom is 0.430 e. The largest absolute Gasteiger partial charge is 0.430 e. The van der Waals surface area contributed by atoms with Crippen LogP contribution >= 0.6 is 27.5 Å². The molecule has 18 heavy (non-hydrogen) atoms. The molecule has 0 amide bonds. The standard InChI is InChI=1S/C9H4BrClF6O/c10-6-2-1-4(11)3-5(6)7(18,8(12,13)14)9(15,16)17/h1-3,18H. The van der Waals surface area contributed by atoms with Gasteiger partial charge in [0.25, 0.3) is 5.60 Å². The van der Waals surface area contributed by atoms with Gasteiger partial charge in [0.15, 0.2) is 0 Å². The molecule has 1 aromatic carbocycles. The Kier molecular flexibility index (Phi) is 3.96. The summed E-state index contributed by atoms with van der Waals surface area (Å²) >= 11 is 7.89. The summed E-state index contributed by atoms with van der Waals surface area (Å²) in [6.07, 6.45) is -11.9. The van der Waals surface area contributed by atoms with Crippen LogP contribution in [-0.2, 0) is 5.60 Å². The van der Waals surface area contributed by atoms with Crippen LogP contribution in [0.5, 0.6) is 0 Å². The molecule has 1 rings (SSSR count). The molecule has 0 aliphatic carbocycles.